The SMILES string of the molecule is Cc1cc(C)c(S(=O)(=O)NC(CNC(=O)C2=NOC(CCCCNc3nc4c([nH]3)CCCC4)C2)C(=O)O)c(C)c1. The number of amides is 1. The lowest BCUT2D eigenvalue weighted by molar-refractivity contribution is -0.138. The van der Waals surface area contributed by atoms with Crippen molar-refractivity contribution in [2.75, 3.05) is 18.4 Å². The van der Waals surface area contributed by atoms with E-state index in [1.807, 2.05) is 6.92 Å². The Morgan fingerprint density at radius 2 is 1.88 bits per heavy atom. The summed E-state index contributed by atoms with van der Waals surface area (Å²) in [5.41, 5.74) is 4.48. The number of anilines is 1. The van der Waals surface area contributed by atoms with Gasteiger partial charge in [-0.15, -0.1) is 0 Å². The van der Waals surface area contributed by atoms with E-state index in [9.17, 15) is 23.1 Å². The van der Waals surface area contributed by atoms with Gasteiger partial charge in [0.05, 0.1) is 10.6 Å². The van der Waals surface area contributed by atoms with Crippen LogP contribution >= 0.6 is 0 Å². The van der Waals surface area contributed by atoms with E-state index in [0.717, 1.165) is 43.7 Å². The molecular formula is C27H38N6O6S. The number of benzene rings is 1. The molecule has 0 fully saturated rings. The summed E-state index contributed by atoms with van der Waals surface area (Å²) in [5.74, 6) is -1.17. The number of aliphatic carboxylic acids is 1. The predicted molar refractivity (Wildman–Crippen MR) is 150 cm³/mol. The number of carboxylic acid groups (broad SMARTS) is 1. The lowest BCUT2D eigenvalue weighted by Crippen LogP contribution is -2.49. The average molecular weight is 575 g/mol. The molecule has 2 aromatic rings. The van der Waals surface area contributed by atoms with Crippen molar-refractivity contribution in [3.63, 3.8) is 0 Å². The number of carbonyl (C=O) groups excluding carboxylic acids is 1. The van der Waals surface area contributed by atoms with Gasteiger partial charge in [0.15, 0.2) is 0 Å². The van der Waals surface area contributed by atoms with Gasteiger partial charge < -0.3 is 25.6 Å². The molecule has 1 amide bonds. The highest BCUT2D eigenvalue weighted by Crippen LogP contribution is 2.23. The van der Waals surface area contributed by atoms with Crippen LogP contribution in [0.25, 0.3) is 0 Å². The Labute approximate surface area is 234 Å². The van der Waals surface area contributed by atoms with E-state index in [2.05, 4.69) is 30.5 Å². The number of unbranched alkanes of at least 4 members (excludes halogenated alkanes) is 1. The Balaban J connectivity index is 1.19. The summed E-state index contributed by atoms with van der Waals surface area (Å²) in [5, 5.41) is 19.3. The number of carboxylic acids is 1. The molecule has 0 spiro atoms. The van der Waals surface area contributed by atoms with E-state index < -0.39 is 34.5 Å². The van der Waals surface area contributed by atoms with Gasteiger partial charge in [-0.3, -0.25) is 9.59 Å². The van der Waals surface area contributed by atoms with Gasteiger partial charge in [-0.05, 0) is 76.8 Å². The number of aromatic nitrogens is 2. The molecule has 218 valence electrons. The van der Waals surface area contributed by atoms with Crippen molar-refractivity contribution in [3.05, 3.63) is 40.2 Å². The Kier molecular flexibility index (Phi) is 9.46. The summed E-state index contributed by atoms with van der Waals surface area (Å²) in [4.78, 5) is 37.8. The minimum absolute atomic E-state index is 0.0329. The van der Waals surface area contributed by atoms with Crippen LogP contribution in [-0.2, 0) is 37.3 Å². The third-order valence-corrected chi connectivity index (χ3v) is 8.91. The van der Waals surface area contributed by atoms with Crippen LogP contribution in [0.2, 0.25) is 0 Å². The molecule has 2 heterocycles. The summed E-state index contributed by atoms with van der Waals surface area (Å²) in [6.07, 6.45) is 7.01. The number of hydrogen-bond acceptors (Lipinski definition) is 8. The molecule has 0 radical (unpaired) electrons. The van der Waals surface area contributed by atoms with Crippen molar-refractivity contribution in [1.29, 1.82) is 0 Å². The first-order valence-corrected chi connectivity index (χ1v) is 15.2. The second-order valence-corrected chi connectivity index (χ2v) is 12.2. The number of imidazole rings is 1. The van der Waals surface area contributed by atoms with Crippen molar-refractivity contribution in [2.24, 2.45) is 5.16 Å². The van der Waals surface area contributed by atoms with Crippen molar-refractivity contribution >= 4 is 33.6 Å². The number of H-pyrrole nitrogens is 1. The summed E-state index contributed by atoms with van der Waals surface area (Å²) in [7, 11) is -4.14. The maximum atomic E-state index is 13.0. The molecule has 13 heteroatoms. The van der Waals surface area contributed by atoms with Crippen LogP contribution in [0.1, 0.15) is 66.6 Å². The summed E-state index contributed by atoms with van der Waals surface area (Å²) in [6, 6.07) is 1.88. The predicted octanol–water partition coefficient (Wildman–Crippen LogP) is 2.49. The van der Waals surface area contributed by atoms with Gasteiger partial charge in [0, 0.05) is 25.2 Å². The fourth-order valence-corrected chi connectivity index (χ4v) is 6.91. The maximum absolute atomic E-state index is 13.0. The molecule has 1 aliphatic heterocycles. The minimum Gasteiger partial charge on any atom is -0.480 e. The molecule has 40 heavy (non-hydrogen) atoms. The molecule has 0 saturated carbocycles. The molecule has 1 aliphatic carbocycles. The normalized spacial score (nSPS) is 17.5. The number of carbonyl (C=O) groups is 2. The molecule has 2 aliphatic rings. The van der Waals surface area contributed by atoms with Crippen LogP contribution in [0.3, 0.4) is 0 Å². The van der Waals surface area contributed by atoms with Crippen LogP contribution < -0.4 is 15.4 Å². The van der Waals surface area contributed by atoms with Crippen molar-refractivity contribution in [3.8, 4) is 0 Å². The molecular weight excluding hydrogens is 536 g/mol. The Hall–Kier alpha value is -3.45. The highest BCUT2D eigenvalue weighted by atomic mass is 32.2. The van der Waals surface area contributed by atoms with E-state index in [1.54, 1.807) is 26.0 Å². The first-order valence-electron chi connectivity index (χ1n) is 13.7. The molecule has 12 nitrogen and oxygen atoms in total. The second kappa shape index (κ2) is 12.8. The van der Waals surface area contributed by atoms with Gasteiger partial charge in [0.2, 0.25) is 16.0 Å². The molecule has 1 aromatic carbocycles. The zero-order valence-electron chi connectivity index (χ0n) is 23.2. The standard InChI is InChI=1S/C27H38N6O6S/c1-16-12-17(2)24(18(3)13-16)40(37,38)33-23(26(35)36)15-29-25(34)22-14-19(39-32-22)8-6-7-11-28-27-30-20-9-4-5-10-21(20)31-27/h12-13,19,23,33H,4-11,14-15H2,1-3H3,(H,29,34)(H,35,36)(H2,28,30,31). The van der Waals surface area contributed by atoms with E-state index in [4.69, 9.17) is 4.84 Å². The Morgan fingerprint density at radius 3 is 2.58 bits per heavy atom. The van der Waals surface area contributed by atoms with E-state index in [-0.39, 0.29) is 16.7 Å². The number of nitrogens with one attached hydrogen (secondary N) is 4. The third-order valence-electron chi connectivity index (χ3n) is 7.13. The number of rotatable bonds is 13. The lowest BCUT2D eigenvalue weighted by Gasteiger charge is -2.18. The third kappa shape index (κ3) is 7.39. The maximum Gasteiger partial charge on any atom is 0.323 e. The fraction of sp³-hybridized carbons (Fsp3) is 0.556. The van der Waals surface area contributed by atoms with Crippen molar-refractivity contribution < 1.29 is 28.0 Å². The lowest BCUT2D eigenvalue weighted by atomic mass is 10.0. The minimum atomic E-state index is -4.14. The van der Waals surface area contributed by atoms with E-state index in [0.29, 0.717) is 24.0 Å². The smallest absolute Gasteiger partial charge is 0.323 e. The number of oxime groups is 1. The topological polar surface area (TPSA) is 175 Å². The molecule has 2 atom stereocenters. The van der Waals surface area contributed by atoms with Crippen LogP contribution in [0.15, 0.2) is 22.2 Å². The average Bonchev–Trinajstić information content (AvgIpc) is 3.52. The van der Waals surface area contributed by atoms with Gasteiger partial charge in [0.25, 0.3) is 5.91 Å². The monoisotopic (exact) mass is 574 g/mol. The quantitative estimate of drug-likeness (QED) is 0.227. The second-order valence-electron chi connectivity index (χ2n) is 10.6. The molecule has 0 bridgehead atoms. The molecule has 0 saturated heterocycles. The van der Waals surface area contributed by atoms with Crippen LogP contribution in [0, 0.1) is 20.8 Å². The molecule has 4 rings (SSSR count). The van der Waals surface area contributed by atoms with Crippen LogP contribution in [0.5, 0.6) is 0 Å². The zero-order chi connectivity index (χ0) is 28.9. The molecule has 5 N–H and O–H groups in total. The van der Waals surface area contributed by atoms with Gasteiger partial charge in [-0.1, -0.05) is 22.9 Å². The molecule has 1 aromatic heterocycles. The molecule has 2 unspecified atom stereocenters. The zero-order valence-corrected chi connectivity index (χ0v) is 24.0. The summed E-state index contributed by atoms with van der Waals surface area (Å²) < 4.78 is 28.2. The first-order chi connectivity index (χ1) is 19.0. The fourth-order valence-electron chi connectivity index (χ4n) is 5.27. The number of aromatic amines is 1. The number of aryl methyl sites for hydroxylation is 5. The van der Waals surface area contributed by atoms with Gasteiger partial charge in [-0.25, -0.2) is 13.4 Å². The van der Waals surface area contributed by atoms with Crippen LogP contribution in [0.4, 0.5) is 5.95 Å². The number of nitrogens with zero attached hydrogens (tertiary/aromatic N) is 2. The number of hydrogen-bond donors (Lipinski definition) is 5. The van der Waals surface area contributed by atoms with E-state index >= 15 is 0 Å². The highest BCUT2D eigenvalue weighted by molar-refractivity contribution is 7.89. The van der Waals surface area contributed by atoms with Gasteiger partial charge in [0.1, 0.15) is 17.9 Å². The van der Waals surface area contributed by atoms with E-state index in [1.165, 1.54) is 24.2 Å². The number of fused-ring (bicyclic) bond motifs is 1. The van der Waals surface area contributed by atoms with Crippen LogP contribution in [-0.4, -0.2) is 66.3 Å². The van der Waals surface area contributed by atoms with Crippen molar-refractivity contribution in [2.45, 2.75) is 89.2 Å². The Morgan fingerprint density at radius 1 is 1.15 bits per heavy atom. The largest absolute Gasteiger partial charge is 0.480 e. The van der Waals surface area contributed by atoms with Gasteiger partial charge >= 0.3 is 5.97 Å². The highest BCUT2D eigenvalue weighted by Gasteiger charge is 2.30. The van der Waals surface area contributed by atoms with Crippen molar-refractivity contribution in [1.82, 2.24) is 20.0 Å². The van der Waals surface area contributed by atoms with Gasteiger partial charge in [-0.2, -0.15) is 4.72 Å². The number of sulfonamides is 1. The Bertz CT molecular complexity index is 1340. The summed E-state index contributed by atoms with van der Waals surface area (Å²) >= 11 is 0. The summed E-state index contributed by atoms with van der Waals surface area (Å²) in [6.45, 7) is 5.49. The first kappa shape index (κ1) is 29.5.